The Kier molecular flexibility index (Phi) is 9.26. The number of nitrogens with zero attached hydrogens (tertiary/aromatic N) is 2. The molecule has 6 nitrogen and oxygen atoms in total. The molecule has 44 heavy (non-hydrogen) atoms. The number of aromatic nitrogens is 1. The Morgan fingerprint density at radius 2 is 1.89 bits per heavy atom. The van der Waals surface area contributed by atoms with Crippen LogP contribution in [0.2, 0.25) is 0 Å². The Morgan fingerprint density at radius 3 is 2.61 bits per heavy atom. The van der Waals surface area contributed by atoms with E-state index in [1.807, 2.05) is 60.0 Å². The van der Waals surface area contributed by atoms with Crippen molar-refractivity contribution < 1.29 is 18.7 Å². The van der Waals surface area contributed by atoms with E-state index in [0.717, 1.165) is 18.5 Å². The van der Waals surface area contributed by atoms with Gasteiger partial charge in [0.25, 0.3) is 5.56 Å². The van der Waals surface area contributed by atoms with Crippen molar-refractivity contribution in [2.75, 3.05) is 6.61 Å². The monoisotopic (exact) mass is 800 g/mol. The predicted molar refractivity (Wildman–Crippen MR) is 183 cm³/mol. The van der Waals surface area contributed by atoms with Gasteiger partial charge in [-0.25, -0.2) is 14.2 Å². The van der Waals surface area contributed by atoms with E-state index in [1.165, 1.54) is 28.7 Å². The quantitative estimate of drug-likeness (QED) is 0.124. The molecule has 0 saturated carbocycles. The van der Waals surface area contributed by atoms with Gasteiger partial charge in [-0.15, -0.1) is 11.3 Å². The van der Waals surface area contributed by atoms with Crippen molar-refractivity contribution in [3.05, 3.63) is 145 Å². The van der Waals surface area contributed by atoms with Gasteiger partial charge < -0.3 is 9.47 Å². The Labute approximate surface area is 282 Å². The standard InChI is InChI=1S/C33H23BrFIN2O4S2/c1-2-41-32(40)27-28(19-9-4-3-5-10-19)37-33-38(29(27)25-13-8-14-43-25)31(39)26(44-33)16-21-15-22(34)17-24(36)30(21)42-18-20-11-6-7-12-23(20)35/h3-17,29H,2,18H2,1H3/b26-16-/t29-/m1/s1. The van der Waals surface area contributed by atoms with Gasteiger partial charge in [0.15, 0.2) is 4.80 Å². The third kappa shape index (κ3) is 6.10. The van der Waals surface area contributed by atoms with Crippen LogP contribution in [0.15, 0.2) is 104 Å². The first-order chi connectivity index (χ1) is 21.4. The Balaban J connectivity index is 1.54. The van der Waals surface area contributed by atoms with Crippen LogP contribution in [0.1, 0.15) is 34.5 Å². The number of halogens is 3. The van der Waals surface area contributed by atoms with Crippen LogP contribution in [0, 0.1) is 9.39 Å². The highest BCUT2D eigenvalue weighted by atomic mass is 127. The topological polar surface area (TPSA) is 69.9 Å². The van der Waals surface area contributed by atoms with Gasteiger partial charge in [-0.3, -0.25) is 9.36 Å². The van der Waals surface area contributed by atoms with Crippen LogP contribution in [0.4, 0.5) is 4.39 Å². The largest absolute Gasteiger partial charge is 0.487 e. The van der Waals surface area contributed by atoms with Crippen molar-refractivity contribution in [1.82, 2.24) is 4.57 Å². The molecule has 5 aromatic rings. The molecular weight excluding hydrogens is 778 g/mol. The molecule has 3 heterocycles. The molecule has 222 valence electrons. The summed E-state index contributed by atoms with van der Waals surface area (Å²) in [4.78, 5) is 33.9. The third-order valence-electron chi connectivity index (χ3n) is 6.84. The summed E-state index contributed by atoms with van der Waals surface area (Å²) in [6, 6.07) is 22.7. The van der Waals surface area contributed by atoms with Crippen molar-refractivity contribution in [3.8, 4) is 5.75 Å². The average Bonchev–Trinajstić information content (AvgIpc) is 3.65. The number of rotatable bonds is 8. The molecule has 1 aliphatic heterocycles. The lowest BCUT2D eigenvalue weighted by atomic mass is 9.97. The summed E-state index contributed by atoms with van der Waals surface area (Å²) in [6.45, 7) is 1.96. The van der Waals surface area contributed by atoms with Crippen LogP contribution >= 0.6 is 61.2 Å². The van der Waals surface area contributed by atoms with Crippen molar-refractivity contribution in [2.45, 2.75) is 19.6 Å². The summed E-state index contributed by atoms with van der Waals surface area (Å²) < 4.78 is 29.6. The van der Waals surface area contributed by atoms with Crippen molar-refractivity contribution >= 4 is 78.9 Å². The number of benzene rings is 3. The van der Waals surface area contributed by atoms with Crippen LogP contribution in [-0.2, 0) is 16.1 Å². The Bertz CT molecular complexity index is 2070. The number of ether oxygens (including phenoxy) is 2. The van der Waals surface area contributed by atoms with E-state index >= 15 is 0 Å². The lowest BCUT2D eigenvalue weighted by Crippen LogP contribution is -2.39. The SMILES string of the molecule is CCOC(=O)C1=C(c2ccccc2)N=c2s/c(=C\c3cc(Br)cc(I)c3OCc3ccccc3F)c(=O)n2[C@@H]1c1cccs1. The fourth-order valence-electron chi connectivity index (χ4n) is 4.90. The van der Waals surface area contributed by atoms with E-state index in [-0.39, 0.29) is 24.6 Å². The van der Waals surface area contributed by atoms with E-state index < -0.39 is 12.0 Å². The number of hydrogen-bond donors (Lipinski definition) is 0. The maximum absolute atomic E-state index is 14.3. The van der Waals surface area contributed by atoms with Crippen LogP contribution in [0.25, 0.3) is 11.8 Å². The maximum atomic E-state index is 14.3. The molecule has 0 amide bonds. The summed E-state index contributed by atoms with van der Waals surface area (Å²) in [6.07, 6.45) is 1.76. The van der Waals surface area contributed by atoms with E-state index in [4.69, 9.17) is 14.5 Å². The zero-order chi connectivity index (χ0) is 30.8. The van der Waals surface area contributed by atoms with E-state index in [2.05, 4.69) is 38.5 Å². The molecule has 3 aromatic carbocycles. The molecule has 0 spiro atoms. The highest BCUT2D eigenvalue weighted by Crippen LogP contribution is 2.37. The third-order valence-corrected chi connectivity index (χ3v) is 10.0. The lowest BCUT2D eigenvalue weighted by molar-refractivity contribution is -0.138. The number of fused-ring (bicyclic) bond motifs is 1. The molecule has 0 N–H and O–H groups in total. The molecule has 0 unspecified atom stereocenters. The first-order valence-corrected chi connectivity index (χ1v) is 17.1. The second kappa shape index (κ2) is 13.3. The second-order valence-electron chi connectivity index (χ2n) is 9.63. The Hall–Kier alpha value is -3.39. The summed E-state index contributed by atoms with van der Waals surface area (Å²) >= 11 is 8.41. The van der Waals surface area contributed by atoms with Crippen LogP contribution in [0.5, 0.6) is 5.75 Å². The van der Waals surface area contributed by atoms with Crippen molar-refractivity contribution in [1.29, 1.82) is 0 Å². The number of carbonyl (C=O) groups excluding carboxylic acids is 1. The zero-order valence-corrected chi connectivity index (χ0v) is 28.5. The average molecular weight is 801 g/mol. The number of hydrogen-bond acceptors (Lipinski definition) is 7. The number of carbonyl (C=O) groups is 1. The molecule has 0 aliphatic carbocycles. The second-order valence-corrected chi connectivity index (χ2v) is 13.7. The van der Waals surface area contributed by atoms with Crippen molar-refractivity contribution in [2.24, 2.45) is 4.99 Å². The molecule has 11 heteroatoms. The molecule has 0 radical (unpaired) electrons. The molecule has 1 atom stereocenters. The fourth-order valence-corrected chi connectivity index (χ4v) is 8.42. The van der Waals surface area contributed by atoms with Gasteiger partial charge >= 0.3 is 5.97 Å². The summed E-state index contributed by atoms with van der Waals surface area (Å²) in [7, 11) is 0. The maximum Gasteiger partial charge on any atom is 0.338 e. The zero-order valence-electron chi connectivity index (χ0n) is 23.1. The van der Waals surface area contributed by atoms with E-state index in [1.54, 1.807) is 35.8 Å². The van der Waals surface area contributed by atoms with Gasteiger partial charge in [-0.2, -0.15) is 0 Å². The summed E-state index contributed by atoms with van der Waals surface area (Å²) in [5.74, 6) is -0.349. The van der Waals surface area contributed by atoms with Gasteiger partial charge in [-0.1, -0.05) is 81.9 Å². The smallest absolute Gasteiger partial charge is 0.338 e. The van der Waals surface area contributed by atoms with E-state index in [9.17, 15) is 14.0 Å². The number of esters is 1. The highest BCUT2D eigenvalue weighted by Gasteiger charge is 2.35. The molecule has 0 bridgehead atoms. The first kappa shape index (κ1) is 30.6. The van der Waals surface area contributed by atoms with Gasteiger partial charge in [0.2, 0.25) is 0 Å². The van der Waals surface area contributed by atoms with E-state index in [0.29, 0.717) is 37.5 Å². The summed E-state index contributed by atoms with van der Waals surface area (Å²) in [5, 5.41) is 1.92. The van der Waals surface area contributed by atoms with Gasteiger partial charge in [0, 0.05) is 26.0 Å². The molecule has 1 aliphatic rings. The number of thiazole rings is 1. The summed E-state index contributed by atoms with van der Waals surface area (Å²) in [5.41, 5.74) is 2.31. The fraction of sp³-hybridized carbons (Fsp3) is 0.121. The van der Waals surface area contributed by atoms with Gasteiger partial charge in [0.1, 0.15) is 24.2 Å². The number of thiophene rings is 1. The minimum absolute atomic E-state index is 0.0219. The van der Waals surface area contributed by atoms with Crippen LogP contribution < -0.4 is 19.6 Å². The minimum Gasteiger partial charge on any atom is -0.487 e. The van der Waals surface area contributed by atoms with Crippen LogP contribution in [0.3, 0.4) is 0 Å². The van der Waals surface area contributed by atoms with Gasteiger partial charge in [0.05, 0.1) is 26.0 Å². The molecule has 0 fully saturated rings. The lowest BCUT2D eigenvalue weighted by Gasteiger charge is -2.24. The van der Waals surface area contributed by atoms with Crippen LogP contribution in [-0.4, -0.2) is 17.1 Å². The minimum atomic E-state index is -0.720. The highest BCUT2D eigenvalue weighted by molar-refractivity contribution is 14.1. The molecular formula is C33H23BrFIN2O4S2. The molecule has 0 saturated heterocycles. The molecule has 6 rings (SSSR count). The van der Waals surface area contributed by atoms with Gasteiger partial charge in [-0.05, 0) is 65.2 Å². The predicted octanol–water partition coefficient (Wildman–Crippen LogP) is 7.08. The Morgan fingerprint density at radius 1 is 1.11 bits per heavy atom. The molecule has 2 aromatic heterocycles. The van der Waals surface area contributed by atoms with Crippen molar-refractivity contribution in [3.63, 3.8) is 0 Å². The normalized spacial score (nSPS) is 14.7. The first-order valence-electron chi connectivity index (χ1n) is 13.5.